The molecular weight excluding hydrogens is 631 g/mol. The Hall–Kier alpha value is -6.84. The highest BCUT2D eigenvalue weighted by Gasteiger charge is 2.21. The topological polar surface area (TPSA) is 14.8 Å². The van der Waals surface area contributed by atoms with Crippen LogP contribution >= 0.6 is 0 Å². The maximum atomic E-state index is 9.86. The molecule has 0 amide bonds. The summed E-state index contributed by atoms with van der Waals surface area (Å²) in [5.41, 5.74) is 0.101. The zero-order chi connectivity index (χ0) is 50.0. The molecule has 0 N–H and O–H groups in total. The molecule has 0 saturated carbocycles. The van der Waals surface area contributed by atoms with Gasteiger partial charge >= 0.3 is 0 Å². The maximum Gasteiger partial charge on any atom is 0.0646 e. The molecule has 0 aliphatic rings. The zero-order valence-corrected chi connectivity index (χ0v) is 27.3. The Bertz CT molecular complexity index is 4170. The van der Waals surface area contributed by atoms with E-state index in [1.165, 1.54) is 11.5 Å². The molecule has 11 rings (SSSR count). The summed E-state index contributed by atoms with van der Waals surface area (Å²) in [6.07, 6.45) is 0. The van der Waals surface area contributed by atoms with Crippen LogP contribution in [0.5, 0.6) is 0 Å². The Kier molecular flexibility index (Phi) is 3.51. The van der Waals surface area contributed by atoms with Crippen LogP contribution in [-0.4, -0.2) is 13.7 Å². The van der Waals surface area contributed by atoms with E-state index in [1.807, 2.05) is 66.7 Å². The Morgan fingerprint density at radius 3 is 1.58 bits per heavy atom. The third-order valence-corrected chi connectivity index (χ3v) is 9.52. The van der Waals surface area contributed by atoms with E-state index in [9.17, 15) is 13.7 Å². The third kappa shape index (κ3) is 4.14. The highest BCUT2D eigenvalue weighted by Crippen LogP contribution is 2.43. The fourth-order valence-electron chi connectivity index (χ4n) is 7.31. The lowest BCUT2D eigenvalue weighted by atomic mass is 10.0. The molecule has 8 aromatic carbocycles. The van der Waals surface area contributed by atoms with Crippen molar-refractivity contribution < 1.29 is 24.7 Å². The van der Waals surface area contributed by atoms with Crippen molar-refractivity contribution in [2.75, 3.05) is 0 Å². The first-order chi connectivity index (χ1) is 33.2. The van der Waals surface area contributed by atoms with E-state index in [-0.39, 0.29) is 43.7 Å². The molecule has 244 valence electrons. The molecule has 0 spiro atoms. The van der Waals surface area contributed by atoms with Gasteiger partial charge in [-0.05, 0) is 90.7 Å². The van der Waals surface area contributed by atoms with Gasteiger partial charge in [-0.2, -0.15) is 0 Å². The van der Waals surface area contributed by atoms with E-state index < -0.39 is 131 Å². The highest BCUT2D eigenvalue weighted by atomic mass is 15.0. The molecule has 0 fully saturated rings. The van der Waals surface area contributed by atoms with Crippen LogP contribution in [0, 0.1) is 6.92 Å². The molecule has 3 heterocycles. The molecular formula is C49H33N3. The molecule has 0 atom stereocenters. The molecule has 11 aromatic rings. The lowest BCUT2D eigenvalue weighted by molar-refractivity contribution is 1.16. The lowest BCUT2D eigenvalue weighted by Gasteiger charge is -2.11. The average Bonchev–Trinajstić information content (AvgIpc) is 4.01. The number of rotatable bonds is 4. The summed E-state index contributed by atoms with van der Waals surface area (Å²) < 4.78 is 169. The number of para-hydroxylation sites is 4. The van der Waals surface area contributed by atoms with Gasteiger partial charge in [0.2, 0.25) is 0 Å². The van der Waals surface area contributed by atoms with Crippen LogP contribution in [0.3, 0.4) is 0 Å². The Balaban J connectivity index is 1.35. The first-order valence-electron chi connectivity index (χ1n) is 25.5. The van der Waals surface area contributed by atoms with Gasteiger partial charge in [0.1, 0.15) is 0 Å². The van der Waals surface area contributed by atoms with Gasteiger partial charge in [-0.3, -0.25) is 0 Å². The minimum Gasteiger partial charge on any atom is -0.309 e. The van der Waals surface area contributed by atoms with Crippen molar-refractivity contribution in [2.45, 2.75) is 6.92 Å². The Morgan fingerprint density at radius 2 is 0.904 bits per heavy atom. The smallest absolute Gasteiger partial charge is 0.0646 e. The van der Waals surface area contributed by atoms with Gasteiger partial charge in [-0.1, -0.05) is 114 Å². The summed E-state index contributed by atoms with van der Waals surface area (Å²) >= 11 is 0. The second kappa shape index (κ2) is 11.1. The minimum absolute atomic E-state index is 0.00652. The lowest BCUT2D eigenvalue weighted by Crippen LogP contribution is -1.96. The summed E-state index contributed by atoms with van der Waals surface area (Å²) in [7, 11) is 0. The van der Waals surface area contributed by atoms with Crippen molar-refractivity contribution in [1.29, 1.82) is 0 Å². The molecule has 0 saturated heterocycles. The quantitative estimate of drug-likeness (QED) is 0.176. The van der Waals surface area contributed by atoms with Crippen LogP contribution in [-0.2, 0) is 0 Å². The van der Waals surface area contributed by atoms with E-state index in [0.717, 1.165) is 32.1 Å². The molecule has 3 heteroatoms. The Labute approximate surface area is 326 Å². The number of hydrogen-bond acceptors (Lipinski definition) is 0. The van der Waals surface area contributed by atoms with Gasteiger partial charge in [-0.25, -0.2) is 0 Å². The largest absolute Gasteiger partial charge is 0.309 e. The summed E-state index contributed by atoms with van der Waals surface area (Å²) in [6.45, 7) is 1.37. The van der Waals surface area contributed by atoms with Crippen LogP contribution in [0.2, 0.25) is 0 Å². The van der Waals surface area contributed by atoms with Gasteiger partial charge < -0.3 is 13.7 Å². The van der Waals surface area contributed by atoms with E-state index >= 15 is 0 Å². The van der Waals surface area contributed by atoms with Crippen molar-refractivity contribution >= 4 is 65.4 Å². The molecule has 0 unspecified atom stereocenters. The molecule has 3 nitrogen and oxygen atoms in total. The van der Waals surface area contributed by atoms with Gasteiger partial charge in [0.25, 0.3) is 0 Å². The molecule has 52 heavy (non-hydrogen) atoms. The van der Waals surface area contributed by atoms with E-state index in [0.29, 0.717) is 5.69 Å². The zero-order valence-electron chi connectivity index (χ0n) is 45.3. The Morgan fingerprint density at radius 1 is 0.365 bits per heavy atom. The molecule has 3 aromatic heterocycles. The first-order valence-corrected chi connectivity index (χ1v) is 16.5. The van der Waals surface area contributed by atoms with E-state index in [4.69, 9.17) is 11.0 Å². The third-order valence-electron chi connectivity index (χ3n) is 9.52. The highest BCUT2D eigenvalue weighted by molar-refractivity contribution is 6.29. The molecule has 0 aliphatic heterocycles. The number of hydrogen-bond donors (Lipinski definition) is 0. The van der Waals surface area contributed by atoms with Crippen molar-refractivity contribution in [1.82, 2.24) is 13.7 Å². The van der Waals surface area contributed by atoms with Crippen LogP contribution in [0.15, 0.2) is 182 Å². The van der Waals surface area contributed by atoms with Crippen molar-refractivity contribution in [3.8, 4) is 28.2 Å². The van der Waals surface area contributed by atoms with Crippen LogP contribution in [0.25, 0.3) is 93.6 Å². The van der Waals surface area contributed by atoms with Crippen molar-refractivity contribution in [3.05, 3.63) is 187 Å². The summed E-state index contributed by atoms with van der Waals surface area (Å²) in [4.78, 5) is 0. The van der Waals surface area contributed by atoms with Crippen LogP contribution < -0.4 is 0 Å². The van der Waals surface area contributed by atoms with Crippen LogP contribution in [0.4, 0.5) is 0 Å². The number of aromatic nitrogens is 3. The number of benzene rings is 8. The van der Waals surface area contributed by atoms with Crippen molar-refractivity contribution in [2.24, 2.45) is 0 Å². The fraction of sp³-hybridized carbons (Fsp3) is 0.0204. The molecule has 0 bridgehead atoms. The standard InChI is InChI=1S/C49H33N3/c1-32-19-21-33(22-20-32)34-23-25-36(26-24-34)51-43-17-9-6-14-39(43)48-46(51)29-30-47-49(48)40-15-7-10-18-44(40)52(47)37-27-28-45-41(31-37)38-13-5-8-16-42(38)50(45)35-11-3-2-4-12-35/h2-31H,1H3/i6D,7D,9D,10D,14D,15D,17D,18D,19D,20D,21D,22D,23D,24D,25D,26D,29D,30D. The van der Waals surface area contributed by atoms with Gasteiger partial charge in [0.15, 0.2) is 0 Å². The normalized spacial score (nSPS) is 16.8. The van der Waals surface area contributed by atoms with Gasteiger partial charge in [-0.15, -0.1) is 0 Å². The summed E-state index contributed by atoms with van der Waals surface area (Å²) in [5.74, 6) is 0. The van der Waals surface area contributed by atoms with E-state index in [1.54, 1.807) is 6.07 Å². The van der Waals surface area contributed by atoms with Crippen molar-refractivity contribution in [3.63, 3.8) is 0 Å². The predicted octanol–water partition coefficient (Wildman–Crippen LogP) is 13.0. The van der Waals surface area contributed by atoms with Gasteiger partial charge in [0, 0.05) is 49.4 Å². The second-order valence-corrected chi connectivity index (χ2v) is 12.4. The SMILES string of the molecule is [2H]c1c([2H])c(-c2c([2H])c([2H])c(-n3c4c([2H])c([2H])c([2H])c([2H])c4c4c5c6c([2H])c([2H])c([2H])c([2H])c6n(-c6ccc7c(c6)c6ccccc6n7-c6ccccc6)c5c([2H])c([2H])c43)c([2H])c2[2H])c([2H])c([2H])c1C. The first kappa shape index (κ1) is 16.5. The fourth-order valence-corrected chi connectivity index (χ4v) is 7.31. The molecule has 0 radical (unpaired) electrons. The predicted molar refractivity (Wildman–Crippen MR) is 220 cm³/mol. The van der Waals surface area contributed by atoms with Gasteiger partial charge in [0.05, 0.1) is 57.8 Å². The summed E-state index contributed by atoms with van der Waals surface area (Å²) in [6, 6.07) is 10.8. The summed E-state index contributed by atoms with van der Waals surface area (Å²) in [5, 5.41) is 0.830. The number of fused-ring (bicyclic) bond motifs is 10. The number of nitrogens with zero attached hydrogens (tertiary/aromatic N) is 3. The minimum atomic E-state index is -0.849. The molecule has 0 aliphatic carbocycles. The average molecular weight is 682 g/mol. The second-order valence-electron chi connectivity index (χ2n) is 12.4. The maximum absolute atomic E-state index is 9.86. The van der Waals surface area contributed by atoms with Crippen LogP contribution in [0.1, 0.15) is 30.2 Å². The monoisotopic (exact) mass is 681 g/mol. The van der Waals surface area contributed by atoms with E-state index in [2.05, 4.69) is 4.57 Å².